The molecule has 2 aromatic rings. The molecule has 0 atom stereocenters. The Kier molecular flexibility index (Phi) is 6.31. The summed E-state index contributed by atoms with van der Waals surface area (Å²) in [5.41, 5.74) is 2.33. The second kappa shape index (κ2) is 9.08. The number of nitrogens with zero attached hydrogens (tertiary/aromatic N) is 4. The fraction of sp³-hybridized carbons (Fsp3) is 0.238. The number of amides is 3. The summed E-state index contributed by atoms with van der Waals surface area (Å²) in [4.78, 5) is 44.4. The van der Waals surface area contributed by atoms with Crippen molar-refractivity contribution in [3.63, 3.8) is 0 Å². The van der Waals surface area contributed by atoms with Crippen LogP contribution in [-0.2, 0) is 20.8 Å². The van der Waals surface area contributed by atoms with Gasteiger partial charge in [0.25, 0.3) is 11.9 Å². The first-order valence-electron chi connectivity index (χ1n) is 9.43. The molecule has 9 nitrogen and oxygen atoms in total. The molecule has 9 heteroatoms. The van der Waals surface area contributed by atoms with Gasteiger partial charge < -0.3 is 10.6 Å². The summed E-state index contributed by atoms with van der Waals surface area (Å²) < 4.78 is 1.21. The van der Waals surface area contributed by atoms with E-state index in [0.29, 0.717) is 24.4 Å². The molecular formula is C21H22N6O3. The van der Waals surface area contributed by atoms with Crippen molar-refractivity contribution in [3.05, 3.63) is 59.8 Å². The molecule has 0 aliphatic carbocycles. The molecule has 2 N–H and O–H groups in total. The van der Waals surface area contributed by atoms with Crippen molar-refractivity contribution in [1.82, 2.24) is 15.1 Å². The number of aryl methyl sites for hydroxylation is 2. The second-order valence-corrected chi connectivity index (χ2v) is 6.77. The number of benzene rings is 1. The molecule has 1 aromatic carbocycles. The maximum Gasteiger partial charge on any atom is 0.314 e. The van der Waals surface area contributed by atoms with E-state index in [1.165, 1.54) is 4.68 Å². The summed E-state index contributed by atoms with van der Waals surface area (Å²) in [6, 6.07) is 11.4. The highest BCUT2D eigenvalue weighted by Crippen LogP contribution is 2.14. The van der Waals surface area contributed by atoms with E-state index >= 15 is 0 Å². The number of aliphatic imine (C=N–C) groups is 2. The topological polar surface area (TPSA) is 118 Å². The molecule has 30 heavy (non-hydrogen) atoms. The van der Waals surface area contributed by atoms with Gasteiger partial charge in [-0.2, -0.15) is 14.8 Å². The number of carbonyl (C=O) groups excluding carboxylic acids is 3. The van der Waals surface area contributed by atoms with Crippen molar-refractivity contribution in [2.45, 2.75) is 26.7 Å². The maximum atomic E-state index is 12.3. The molecule has 2 heterocycles. The van der Waals surface area contributed by atoms with Gasteiger partial charge in [-0.3, -0.25) is 14.4 Å². The first kappa shape index (κ1) is 20.8. The highest BCUT2D eigenvalue weighted by Gasteiger charge is 2.22. The van der Waals surface area contributed by atoms with Crippen molar-refractivity contribution in [2.24, 2.45) is 9.98 Å². The third-order valence-electron chi connectivity index (χ3n) is 4.40. The molecule has 0 saturated heterocycles. The molecule has 1 aromatic heterocycles. The van der Waals surface area contributed by atoms with Crippen LogP contribution in [-0.4, -0.2) is 45.7 Å². The molecule has 0 spiro atoms. The summed E-state index contributed by atoms with van der Waals surface area (Å²) in [6.07, 6.45) is 1.50. The molecule has 0 fully saturated rings. The summed E-state index contributed by atoms with van der Waals surface area (Å²) in [5, 5.41) is 9.29. The van der Waals surface area contributed by atoms with Crippen LogP contribution in [0, 0.1) is 6.92 Å². The van der Waals surface area contributed by atoms with Gasteiger partial charge in [0.15, 0.2) is 0 Å². The van der Waals surface area contributed by atoms with Crippen molar-refractivity contribution >= 4 is 35.2 Å². The summed E-state index contributed by atoms with van der Waals surface area (Å²) in [6.45, 7) is 7.32. The zero-order valence-corrected chi connectivity index (χ0v) is 16.8. The Bertz CT molecular complexity index is 1070. The van der Waals surface area contributed by atoms with E-state index in [1.54, 1.807) is 19.9 Å². The molecule has 0 bridgehead atoms. The molecule has 0 radical (unpaired) electrons. The van der Waals surface area contributed by atoms with Gasteiger partial charge in [-0.25, -0.2) is 4.99 Å². The average Bonchev–Trinajstić information content (AvgIpc) is 3.09. The van der Waals surface area contributed by atoms with Crippen LogP contribution in [0.4, 0.5) is 5.82 Å². The average molecular weight is 406 g/mol. The van der Waals surface area contributed by atoms with Crippen LogP contribution in [0.2, 0.25) is 0 Å². The smallest absolute Gasteiger partial charge is 0.314 e. The minimum absolute atomic E-state index is 0.00318. The Balaban J connectivity index is 1.60. The standard InChI is InChI=1S/C21H22N6O3/c1-13-12-17(27(26-13)21-23-15(3)14(2)18(28)25-21)24-20(30)19(29)22-11-7-10-16-8-5-4-6-9-16/h4-6,8-9,12H,2,7,10-11H2,1,3H3,(H,22,29)(H,24,30). The molecule has 1 aliphatic heterocycles. The summed E-state index contributed by atoms with van der Waals surface area (Å²) in [7, 11) is 0. The van der Waals surface area contributed by atoms with Gasteiger partial charge in [0.2, 0.25) is 0 Å². The van der Waals surface area contributed by atoms with E-state index < -0.39 is 17.7 Å². The lowest BCUT2D eigenvalue weighted by Crippen LogP contribution is -2.37. The zero-order valence-electron chi connectivity index (χ0n) is 16.8. The number of nitrogens with one attached hydrogen (secondary N) is 2. The minimum atomic E-state index is -0.844. The van der Waals surface area contributed by atoms with Gasteiger partial charge in [0.1, 0.15) is 5.82 Å². The number of anilines is 1. The quantitative estimate of drug-likeness (QED) is 0.446. The van der Waals surface area contributed by atoms with Crippen LogP contribution in [0.3, 0.4) is 0 Å². The Morgan fingerprint density at radius 1 is 1.10 bits per heavy atom. The lowest BCUT2D eigenvalue weighted by Gasteiger charge is -2.12. The highest BCUT2D eigenvalue weighted by atomic mass is 16.2. The Morgan fingerprint density at radius 2 is 1.83 bits per heavy atom. The van der Waals surface area contributed by atoms with Crippen LogP contribution in [0.25, 0.3) is 0 Å². The van der Waals surface area contributed by atoms with E-state index in [-0.39, 0.29) is 17.4 Å². The van der Waals surface area contributed by atoms with Crippen LogP contribution in [0.1, 0.15) is 24.6 Å². The van der Waals surface area contributed by atoms with Gasteiger partial charge in [-0.05, 0) is 32.3 Å². The third-order valence-corrected chi connectivity index (χ3v) is 4.40. The number of hydrogen-bond donors (Lipinski definition) is 2. The van der Waals surface area contributed by atoms with Crippen LogP contribution in [0.5, 0.6) is 0 Å². The fourth-order valence-electron chi connectivity index (χ4n) is 2.78. The van der Waals surface area contributed by atoms with E-state index in [0.717, 1.165) is 12.0 Å². The van der Waals surface area contributed by atoms with Crippen molar-refractivity contribution in [2.75, 3.05) is 11.9 Å². The monoisotopic (exact) mass is 406 g/mol. The molecule has 154 valence electrons. The van der Waals surface area contributed by atoms with E-state index in [1.807, 2.05) is 30.3 Å². The number of aromatic nitrogens is 2. The normalized spacial score (nSPS) is 13.5. The lowest BCUT2D eigenvalue weighted by atomic mass is 10.1. The molecule has 1 aliphatic rings. The molecule has 0 unspecified atom stereocenters. The van der Waals surface area contributed by atoms with E-state index in [4.69, 9.17) is 0 Å². The van der Waals surface area contributed by atoms with E-state index in [2.05, 4.69) is 32.3 Å². The lowest BCUT2D eigenvalue weighted by molar-refractivity contribution is -0.136. The van der Waals surface area contributed by atoms with Crippen LogP contribution in [0.15, 0.2) is 58.5 Å². The Morgan fingerprint density at radius 3 is 2.53 bits per heavy atom. The minimum Gasteiger partial charge on any atom is -0.348 e. The van der Waals surface area contributed by atoms with Gasteiger partial charge in [0, 0.05) is 12.6 Å². The first-order chi connectivity index (χ1) is 14.3. The molecule has 0 saturated carbocycles. The van der Waals surface area contributed by atoms with Crippen molar-refractivity contribution < 1.29 is 14.4 Å². The summed E-state index contributed by atoms with van der Waals surface area (Å²) in [5.74, 6) is -1.95. The van der Waals surface area contributed by atoms with Gasteiger partial charge in [-0.1, -0.05) is 36.9 Å². The highest BCUT2D eigenvalue weighted by molar-refractivity contribution is 6.39. The largest absolute Gasteiger partial charge is 0.348 e. The Hall–Kier alpha value is -3.88. The van der Waals surface area contributed by atoms with Gasteiger partial charge in [0.05, 0.1) is 17.0 Å². The fourth-order valence-corrected chi connectivity index (χ4v) is 2.78. The van der Waals surface area contributed by atoms with Gasteiger partial charge in [-0.15, -0.1) is 0 Å². The first-order valence-corrected chi connectivity index (χ1v) is 9.43. The van der Waals surface area contributed by atoms with Gasteiger partial charge >= 0.3 is 11.8 Å². The molecule has 3 amide bonds. The van der Waals surface area contributed by atoms with Crippen LogP contribution < -0.4 is 10.6 Å². The summed E-state index contributed by atoms with van der Waals surface area (Å²) >= 11 is 0. The Labute approximate surface area is 173 Å². The molecule has 3 rings (SSSR count). The van der Waals surface area contributed by atoms with Crippen molar-refractivity contribution in [3.8, 4) is 0 Å². The maximum absolute atomic E-state index is 12.3. The van der Waals surface area contributed by atoms with Crippen LogP contribution >= 0.6 is 0 Å². The molecular weight excluding hydrogens is 384 g/mol. The SMILES string of the molecule is C=C1C(=O)N=C(n2nc(C)cc2NC(=O)C(=O)NCCCc2ccccc2)N=C1C. The van der Waals surface area contributed by atoms with E-state index in [9.17, 15) is 14.4 Å². The van der Waals surface area contributed by atoms with Crippen molar-refractivity contribution in [1.29, 1.82) is 0 Å². The predicted molar refractivity (Wildman–Crippen MR) is 113 cm³/mol. The zero-order chi connectivity index (χ0) is 21.7. The number of carbonyl (C=O) groups is 3. The predicted octanol–water partition coefficient (Wildman–Crippen LogP) is 1.64. The third kappa shape index (κ3) is 4.93. The number of hydrogen-bond acceptors (Lipinski definition) is 5. The number of rotatable bonds is 5. The second-order valence-electron chi connectivity index (χ2n) is 6.77.